The molecule has 3 nitrogen and oxygen atoms in total. The Kier molecular flexibility index (Phi) is 8.94. The van der Waals surface area contributed by atoms with Crippen LogP contribution in [0, 0.1) is 0 Å². The van der Waals surface area contributed by atoms with Gasteiger partial charge in [0.05, 0.1) is 0 Å². The van der Waals surface area contributed by atoms with Gasteiger partial charge in [-0.15, -0.1) is 0 Å². The molecule has 0 saturated heterocycles. The molecule has 0 aliphatic carbocycles. The summed E-state index contributed by atoms with van der Waals surface area (Å²) in [5.74, 6) is 0. The first-order chi connectivity index (χ1) is 13.6. The Bertz CT molecular complexity index is 768. The van der Waals surface area contributed by atoms with Crippen LogP contribution in [-0.4, -0.2) is 24.4 Å². The third-order valence-corrected chi connectivity index (χ3v) is 6.09. The fourth-order valence-electron chi connectivity index (χ4n) is 3.31. The number of hydrogen-bond acceptors (Lipinski definition) is 4. The molecule has 2 N–H and O–H groups in total. The Balaban J connectivity index is 2.14. The van der Waals surface area contributed by atoms with Crippen molar-refractivity contribution in [2.24, 2.45) is 0 Å². The van der Waals surface area contributed by atoms with Gasteiger partial charge in [-0.25, -0.2) is 4.31 Å². The third kappa shape index (κ3) is 5.79. The normalized spacial score (nSPS) is 10.9. The number of hydrogen-bond donors (Lipinski definition) is 2. The van der Waals surface area contributed by atoms with Crippen LogP contribution in [0.2, 0.25) is 0 Å². The van der Waals surface area contributed by atoms with E-state index in [1.807, 2.05) is 19.0 Å². The van der Waals surface area contributed by atoms with Crippen molar-refractivity contribution in [3.63, 3.8) is 0 Å². The Hall–Kier alpha value is -1.91. The first-order valence-electron chi connectivity index (χ1n) is 10.4. The van der Waals surface area contributed by atoms with E-state index < -0.39 is 0 Å². The molecule has 0 saturated carbocycles. The average Bonchev–Trinajstić information content (AvgIpc) is 2.73. The first-order valence-corrected chi connectivity index (χ1v) is 11.2. The summed E-state index contributed by atoms with van der Waals surface area (Å²) in [5, 5.41) is 6.81. The van der Waals surface area contributed by atoms with Gasteiger partial charge in [-0.3, -0.25) is 0 Å². The van der Waals surface area contributed by atoms with Gasteiger partial charge in [-0.2, -0.15) is 0 Å². The van der Waals surface area contributed by atoms with E-state index in [0.29, 0.717) is 0 Å². The van der Waals surface area contributed by atoms with Crippen LogP contribution in [0.15, 0.2) is 47.9 Å². The third-order valence-electron chi connectivity index (χ3n) is 4.91. The standard InChI is InChI=1S/C24H35N3S/c1-7-15-27(10-4)28-22-13-11-21(12-14-22)26-18(5)23-16-19(8-2)20(9-3)17-24(23)25-6/h11-14,16-17,25-26H,5,7-10,15H2,1-4,6H3. The molecular weight excluding hydrogens is 362 g/mol. The second-order valence-corrected chi connectivity index (χ2v) is 8.03. The number of anilines is 2. The zero-order valence-corrected chi connectivity index (χ0v) is 18.9. The number of aryl methyl sites for hydroxylation is 2. The van der Waals surface area contributed by atoms with Crippen molar-refractivity contribution in [3.05, 3.63) is 59.7 Å². The molecule has 0 amide bonds. The average molecular weight is 398 g/mol. The van der Waals surface area contributed by atoms with Crippen molar-refractivity contribution in [1.82, 2.24) is 4.31 Å². The Morgan fingerprint density at radius 2 is 1.64 bits per heavy atom. The van der Waals surface area contributed by atoms with Gasteiger partial charge in [0.2, 0.25) is 0 Å². The molecule has 4 heteroatoms. The highest BCUT2D eigenvalue weighted by atomic mass is 32.2. The molecule has 0 fully saturated rings. The highest BCUT2D eigenvalue weighted by Gasteiger charge is 2.11. The number of nitrogens with one attached hydrogen (secondary N) is 2. The molecule has 0 aromatic heterocycles. The van der Waals surface area contributed by atoms with Crippen LogP contribution >= 0.6 is 11.9 Å². The lowest BCUT2D eigenvalue weighted by atomic mass is 9.97. The summed E-state index contributed by atoms with van der Waals surface area (Å²) in [7, 11) is 1.97. The maximum Gasteiger partial charge on any atom is 0.0435 e. The quantitative estimate of drug-likeness (QED) is 0.414. The molecule has 0 radical (unpaired) electrons. The van der Waals surface area contributed by atoms with E-state index in [-0.39, 0.29) is 0 Å². The SMILES string of the molecule is C=C(Nc1ccc(SN(CC)CCC)cc1)c1cc(CC)c(CC)cc1NC. The molecule has 0 spiro atoms. The zero-order chi connectivity index (χ0) is 20.5. The summed E-state index contributed by atoms with van der Waals surface area (Å²) in [6.07, 6.45) is 3.25. The van der Waals surface area contributed by atoms with E-state index >= 15 is 0 Å². The van der Waals surface area contributed by atoms with Crippen LogP contribution in [-0.2, 0) is 12.8 Å². The Morgan fingerprint density at radius 1 is 1.00 bits per heavy atom. The molecule has 2 aromatic rings. The largest absolute Gasteiger partial charge is 0.388 e. The fourth-order valence-corrected chi connectivity index (χ4v) is 4.27. The lowest BCUT2D eigenvalue weighted by Gasteiger charge is -2.19. The van der Waals surface area contributed by atoms with Crippen LogP contribution in [0.25, 0.3) is 5.70 Å². The van der Waals surface area contributed by atoms with Gasteiger partial charge in [-0.1, -0.05) is 34.3 Å². The number of nitrogens with zero attached hydrogens (tertiary/aromatic N) is 1. The topological polar surface area (TPSA) is 27.3 Å². The Labute approximate surface area is 175 Å². The van der Waals surface area contributed by atoms with E-state index in [1.165, 1.54) is 22.4 Å². The lowest BCUT2D eigenvalue weighted by molar-refractivity contribution is 0.493. The molecular formula is C24H35N3S. The van der Waals surface area contributed by atoms with Crippen LogP contribution < -0.4 is 10.6 Å². The summed E-state index contributed by atoms with van der Waals surface area (Å²) < 4.78 is 2.39. The molecule has 2 aromatic carbocycles. The van der Waals surface area contributed by atoms with Gasteiger partial charge >= 0.3 is 0 Å². The molecule has 0 aliphatic rings. The van der Waals surface area contributed by atoms with Crippen molar-refractivity contribution in [2.45, 2.75) is 51.9 Å². The zero-order valence-electron chi connectivity index (χ0n) is 18.1. The smallest absolute Gasteiger partial charge is 0.0435 e. The summed E-state index contributed by atoms with van der Waals surface area (Å²) in [5.41, 5.74) is 7.03. The van der Waals surface area contributed by atoms with E-state index in [1.54, 1.807) is 0 Å². The first kappa shape index (κ1) is 22.4. The van der Waals surface area contributed by atoms with E-state index in [2.05, 4.69) is 85.6 Å². The number of benzene rings is 2. The molecule has 152 valence electrons. The van der Waals surface area contributed by atoms with Gasteiger partial charge in [0.15, 0.2) is 0 Å². The van der Waals surface area contributed by atoms with Crippen LogP contribution in [0.4, 0.5) is 11.4 Å². The summed E-state index contributed by atoms with van der Waals surface area (Å²) >= 11 is 1.83. The van der Waals surface area contributed by atoms with Crippen LogP contribution in [0.5, 0.6) is 0 Å². The summed E-state index contributed by atoms with van der Waals surface area (Å²) in [6, 6.07) is 13.1. The second-order valence-electron chi connectivity index (χ2n) is 6.86. The van der Waals surface area contributed by atoms with Gasteiger partial charge in [-0.05, 0) is 78.7 Å². The highest BCUT2D eigenvalue weighted by molar-refractivity contribution is 7.97. The predicted octanol–water partition coefficient (Wildman–Crippen LogP) is 6.67. The minimum Gasteiger partial charge on any atom is -0.388 e. The van der Waals surface area contributed by atoms with Crippen molar-refractivity contribution < 1.29 is 0 Å². The molecule has 0 unspecified atom stereocenters. The van der Waals surface area contributed by atoms with E-state index in [0.717, 1.165) is 48.6 Å². The molecule has 0 bridgehead atoms. The van der Waals surface area contributed by atoms with Crippen molar-refractivity contribution in [3.8, 4) is 0 Å². The van der Waals surface area contributed by atoms with Crippen molar-refractivity contribution in [2.75, 3.05) is 30.8 Å². The molecule has 28 heavy (non-hydrogen) atoms. The minimum absolute atomic E-state index is 0.920. The Morgan fingerprint density at radius 3 is 2.18 bits per heavy atom. The number of rotatable bonds is 11. The van der Waals surface area contributed by atoms with E-state index in [4.69, 9.17) is 0 Å². The minimum atomic E-state index is 0.920. The highest BCUT2D eigenvalue weighted by Crippen LogP contribution is 2.30. The fraction of sp³-hybridized carbons (Fsp3) is 0.417. The summed E-state index contributed by atoms with van der Waals surface area (Å²) in [4.78, 5) is 1.27. The van der Waals surface area contributed by atoms with Crippen LogP contribution in [0.1, 0.15) is 50.8 Å². The summed E-state index contributed by atoms with van der Waals surface area (Å²) in [6.45, 7) is 15.3. The monoisotopic (exact) mass is 397 g/mol. The van der Waals surface area contributed by atoms with Crippen molar-refractivity contribution in [1.29, 1.82) is 0 Å². The maximum absolute atomic E-state index is 4.30. The predicted molar refractivity (Wildman–Crippen MR) is 127 cm³/mol. The van der Waals surface area contributed by atoms with E-state index in [9.17, 15) is 0 Å². The van der Waals surface area contributed by atoms with Gasteiger partial charge in [0, 0.05) is 47.7 Å². The molecule has 0 heterocycles. The van der Waals surface area contributed by atoms with Gasteiger partial charge in [0.25, 0.3) is 0 Å². The molecule has 0 aliphatic heterocycles. The second kappa shape index (κ2) is 11.2. The molecule has 2 rings (SSSR count). The van der Waals surface area contributed by atoms with Gasteiger partial charge < -0.3 is 10.6 Å². The van der Waals surface area contributed by atoms with Gasteiger partial charge in [0.1, 0.15) is 0 Å². The van der Waals surface area contributed by atoms with Crippen LogP contribution in [0.3, 0.4) is 0 Å². The van der Waals surface area contributed by atoms with Crippen molar-refractivity contribution >= 4 is 29.0 Å². The molecule has 0 atom stereocenters. The lowest BCUT2D eigenvalue weighted by Crippen LogP contribution is -2.15. The maximum atomic E-state index is 4.30.